The van der Waals surface area contributed by atoms with E-state index < -0.39 is 23.9 Å². The molecule has 2 aromatic rings. The summed E-state index contributed by atoms with van der Waals surface area (Å²) in [5, 5.41) is 9.07. The average Bonchev–Trinajstić information content (AvgIpc) is 3.30. The van der Waals surface area contributed by atoms with Gasteiger partial charge in [0, 0.05) is 5.70 Å². The number of rotatable bonds is 9. The molecule has 1 unspecified atom stereocenters. The summed E-state index contributed by atoms with van der Waals surface area (Å²) in [5.74, 6) is 0.0688. The number of nitrogens with one attached hydrogen (secondary N) is 3. The zero-order chi connectivity index (χ0) is 23.8. The number of amides is 3. The highest BCUT2D eigenvalue weighted by Gasteiger charge is 2.32. The Kier molecular flexibility index (Phi) is 7.68. The molecular weight excluding hydrogens is 432 g/mol. The molecule has 0 radical (unpaired) electrons. The highest BCUT2D eigenvalue weighted by Crippen LogP contribution is 2.34. The van der Waals surface area contributed by atoms with Crippen LogP contribution in [0.5, 0.6) is 11.5 Å². The summed E-state index contributed by atoms with van der Waals surface area (Å²) in [6.45, 7) is 3.20. The number of hydrazone groups is 1. The number of ether oxygens (including phenoxy) is 3. The fourth-order valence-corrected chi connectivity index (χ4v) is 3.11. The third-order valence-electron chi connectivity index (χ3n) is 4.57. The number of carbonyl (C=O) groups is 3. The first-order valence-corrected chi connectivity index (χ1v) is 10.0. The lowest BCUT2D eigenvalue weighted by Crippen LogP contribution is -2.45. The molecule has 3 rings (SSSR count). The van der Waals surface area contributed by atoms with Gasteiger partial charge >= 0.3 is 12.0 Å². The highest BCUT2D eigenvalue weighted by molar-refractivity contribution is 5.95. The van der Waals surface area contributed by atoms with Crippen molar-refractivity contribution in [1.82, 2.24) is 16.1 Å². The Labute approximate surface area is 189 Å². The number of benzene rings is 1. The fraction of sp³-hybridized carbons (Fsp3) is 0.273. The van der Waals surface area contributed by atoms with Crippen molar-refractivity contribution in [3.8, 4) is 11.5 Å². The standard InChI is InChI=1S/C22H24N4O7/c1-4-31-21(28)19-13(2)24-22(29)25-20(19)14-7-8-16(17(10-14)30-3)33-12-18(27)26-23-11-15-6-5-9-32-15/h5-11,20H,4,12H2,1-3H3,(H,26,27)(H2,24,25,29). The van der Waals surface area contributed by atoms with Gasteiger partial charge in [-0.25, -0.2) is 15.0 Å². The lowest BCUT2D eigenvalue weighted by molar-refractivity contribution is -0.139. The van der Waals surface area contributed by atoms with Gasteiger partial charge in [0.1, 0.15) is 5.76 Å². The number of furan rings is 1. The molecule has 174 valence electrons. The second-order valence-corrected chi connectivity index (χ2v) is 6.80. The molecule has 11 nitrogen and oxygen atoms in total. The summed E-state index contributed by atoms with van der Waals surface area (Å²) >= 11 is 0. The van der Waals surface area contributed by atoms with E-state index in [1.165, 1.54) is 19.6 Å². The second-order valence-electron chi connectivity index (χ2n) is 6.80. The number of urea groups is 1. The van der Waals surface area contributed by atoms with E-state index in [0.717, 1.165) is 0 Å². The van der Waals surface area contributed by atoms with Crippen LogP contribution in [-0.2, 0) is 14.3 Å². The smallest absolute Gasteiger partial charge is 0.338 e. The van der Waals surface area contributed by atoms with Crippen molar-refractivity contribution in [3.63, 3.8) is 0 Å². The summed E-state index contributed by atoms with van der Waals surface area (Å²) in [6.07, 6.45) is 2.85. The number of methoxy groups -OCH3 is 1. The normalized spacial score (nSPS) is 15.6. The maximum absolute atomic E-state index is 12.5. The molecule has 3 amide bonds. The van der Waals surface area contributed by atoms with E-state index in [4.69, 9.17) is 18.6 Å². The molecule has 0 fully saturated rings. The maximum atomic E-state index is 12.5. The van der Waals surface area contributed by atoms with Crippen molar-refractivity contribution in [1.29, 1.82) is 0 Å². The topological polar surface area (TPSA) is 140 Å². The van der Waals surface area contributed by atoms with E-state index in [1.807, 2.05) is 0 Å². The van der Waals surface area contributed by atoms with E-state index in [1.54, 1.807) is 44.2 Å². The van der Waals surface area contributed by atoms with Crippen molar-refractivity contribution in [2.45, 2.75) is 19.9 Å². The fourth-order valence-electron chi connectivity index (χ4n) is 3.11. The lowest BCUT2D eigenvalue weighted by Gasteiger charge is -2.28. The summed E-state index contributed by atoms with van der Waals surface area (Å²) < 4.78 is 21.1. The summed E-state index contributed by atoms with van der Waals surface area (Å²) in [7, 11) is 1.44. The van der Waals surface area contributed by atoms with E-state index >= 15 is 0 Å². The Morgan fingerprint density at radius 3 is 2.79 bits per heavy atom. The van der Waals surface area contributed by atoms with Gasteiger partial charge in [0.25, 0.3) is 5.91 Å². The zero-order valence-electron chi connectivity index (χ0n) is 18.3. The van der Waals surface area contributed by atoms with Gasteiger partial charge in [-0.05, 0) is 43.7 Å². The number of hydrogen-bond acceptors (Lipinski definition) is 8. The van der Waals surface area contributed by atoms with Gasteiger partial charge in [-0.3, -0.25) is 4.79 Å². The molecule has 0 bridgehead atoms. The minimum atomic E-state index is -0.750. The van der Waals surface area contributed by atoms with Gasteiger partial charge in [0.2, 0.25) is 0 Å². The largest absolute Gasteiger partial charge is 0.493 e. The molecule has 0 aliphatic carbocycles. The van der Waals surface area contributed by atoms with E-state index in [-0.39, 0.29) is 18.8 Å². The number of allylic oxidation sites excluding steroid dienone is 1. The minimum Gasteiger partial charge on any atom is -0.493 e. The van der Waals surface area contributed by atoms with Gasteiger partial charge in [-0.2, -0.15) is 5.10 Å². The maximum Gasteiger partial charge on any atom is 0.338 e. The van der Waals surface area contributed by atoms with Crippen LogP contribution in [0.25, 0.3) is 0 Å². The van der Waals surface area contributed by atoms with Crippen molar-refractivity contribution in [3.05, 3.63) is 59.2 Å². The van der Waals surface area contributed by atoms with Crippen molar-refractivity contribution >= 4 is 24.1 Å². The SMILES string of the molecule is CCOC(=O)C1=C(C)NC(=O)NC1c1ccc(OCC(=O)NN=Cc2ccco2)c(OC)c1. The number of hydrogen-bond donors (Lipinski definition) is 3. The van der Waals surface area contributed by atoms with Crippen LogP contribution >= 0.6 is 0 Å². The third kappa shape index (κ3) is 5.91. The Morgan fingerprint density at radius 2 is 2.09 bits per heavy atom. The summed E-state index contributed by atoms with van der Waals surface area (Å²) in [5.41, 5.74) is 3.57. The third-order valence-corrected chi connectivity index (χ3v) is 4.57. The van der Waals surface area contributed by atoms with Gasteiger partial charge < -0.3 is 29.3 Å². The molecule has 1 atom stereocenters. The van der Waals surface area contributed by atoms with Crippen LogP contribution in [0, 0.1) is 0 Å². The molecule has 0 saturated carbocycles. The van der Waals surface area contributed by atoms with Crippen LogP contribution in [0.15, 0.2) is 57.4 Å². The van der Waals surface area contributed by atoms with Crippen LogP contribution in [0.1, 0.15) is 31.2 Å². The number of nitrogens with zero attached hydrogens (tertiary/aromatic N) is 1. The molecule has 1 aromatic carbocycles. The molecule has 0 saturated heterocycles. The Hall–Kier alpha value is -4.28. The monoisotopic (exact) mass is 456 g/mol. The number of carbonyl (C=O) groups excluding carboxylic acids is 3. The second kappa shape index (κ2) is 10.8. The summed E-state index contributed by atoms with van der Waals surface area (Å²) in [6, 6.07) is 7.05. The van der Waals surface area contributed by atoms with Crippen LogP contribution < -0.4 is 25.5 Å². The number of esters is 1. The predicted molar refractivity (Wildman–Crippen MR) is 117 cm³/mol. The molecular formula is C22H24N4O7. The van der Waals surface area contributed by atoms with Gasteiger partial charge in [0.15, 0.2) is 18.1 Å². The molecule has 2 heterocycles. The first kappa shape index (κ1) is 23.4. The molecule has 1 aromatic heterocycles. The van der Waals surface area contributed by atoms with Gasteiger partial charge in [0.05, 0.1) is 37.8 Å². The Balaban J connectivity index is 1.72. The quantitative estimate of drug-likeness (QED) is 0.298. The van der Waals surface area contributed by atoms with E-state index in [2.05, 4.69) is 21.2 Å². The van der Waals surface area contributed by atoms with Crippen LogP contribution in [0.4, 0.5) is 4.79 Å². The predicted octanol–water partition coefficient (Wildman–Crippen LogP) is 2.01. The van der Waals surface area contributed by atoms with Crippen LogP contribution in [0.3, 0.4) is 0 Å². The van der Waals surface area contributed by atoms with Crippen molar-refractivity contribution < 1.29 is 33.0 Å². The lowest BCUT2D eigenvalue weighted by atomic mass is 9.95. The van der Waals surface area contributed by atoms with E-state index in [9.17, 15) is 14.4 Å². The average molecular weight is 456 g/mol. The van der Waals surface area contributed by atoms with Gasteiger partial charge in [-0.1, -0.05) is 6.07 Å². The molecule has 3 N–H and O–H groups in total. The summed E-state index contributed by atoms with van der Waals surface area (Å²) in [4.78, 5) is 36.5. The first-order valence-electron chi connectivity index (χ1n) is 10.0. The minimum absolute atomic E-state index is 0.194. The molecule has 33 heavy (non-hydrogen) atoms. The van der Waals surface area contributed by atoms with Crippen LogP contribution in [-0.4, -0.2) is 44.4 Å². The molecule has 0 spiro atoms. The van der Waals surface area contributed by atoms with Gasteiger partial charge in [-0.15, -0.1) is 0 Å². The van der Waals surface area contributed by atoms with Crippen molar-refractivity contribution in [2.24, 2.45) is 5.10 Å². The highest BCUT2D eigenvalue weighted by atomic mass is 16.5. The van der Waals surface area contributed by atoms with Crippen LogP contribution in [0.2, 0.25) is 0 Å². The molecule has 1 aliphatic heterocycles. The molecule has 1 aliphatic rings. The Bertz CT molecular complexity index is 1080. The molecule has 11 heteroatoms. The van der Waals surface area contributed by atoms with Crippen molar-refractivity contribution in [2.75, 3.05) is 20.3 Å². The van der Waals surface area contributed by atoms with E-state index in [0.29, 0.717) is 28.5 Å². The first-order chi connectivity index (χ1) is 15.9. The zero-order valence-corrected chi connectivity index (χ0v) is 18.3. The Morgan fingerprint density at radius 1 is 1.27 bits per heavy atom.